The Hall–Kier alpha value is -1.82. The summed E-state index contributed by atoms with van der Waals surface area (Å²) in [5.74, 6) is 0.455. The molecule has 0 radical (unpaired) electrons. The summed E-state index contributed by atoms with van der Waals surface area (Å²) < 4.78 is 5.52. The van der Waals surface area contributed by atoms with Gasteiger partial charge in [-0.25, -0.2) is 0 Å². The lowest BCUT2D eigenvalue weighted by Gasteiger charge is -2.25. The number of likely N-dealkylation sites (N-methyl/N-ethyl adjacent to an activating group) is 1. The van der Waals surface area contributed by atoms with Gasteiger partial charge in [0.2, 0.25) is 0 Å². The summed E-state index contributed by atoms with van der Waals surface area (Å²) in [6, 6.07) is 4.48. The first-order chi connectivity index (χ1) is 8.85. The summed E-state index contributed by atoms with van der Waals surface area (Å²) >= 11 is 0. The highest BCUT2D eigenvalue weighted by molar-refractivity contribution is 5.58. The van der Waals surface area contributed by atoms with Gasteiger partial charge in [-0.1, -0.05) is 0 Å². The molecular formula is C13H20N2O4. The molecule has 0 aliphatic rings. The van der Waals surface area contributed by atoms with E-state index in [4.69, 9.17) is 9.84 Å². The van der Waals surface area contributed by atoms with Gasteiger partial charge in [-0.2, -0.15) is 0 Å². The fourth-order valence-corrected chi connectivity index (χ4v) is 1.59. The number of nitrogens with zero attached hydrogens (tertiary/aromatic N) is 2. The first-order valence-corrected chi connectivity index (χ1v) is 6.15. The maximum absolute atomic E-state index is 10.9. The van der Waals surface area contributed by atoms with Gasteiger partial charge in [0, 0.05) is 30.9 Å². The van der Waals surface area contributed by atoms with E-state index >= 15 is 0 Å². The second-order valence-corrected chi connectivity index (χ2v) is 4.75. The van der Waals surface area contributed by atoms with E-state index < -0.39 is 4.92 Å². The van der Waals surface area contributed by atoms with Crippen LogP contribution in [-0.2, 0) is 0 Å². The number of benzene rings is 1. The lowest BCUT2D eigenvalue weighted by Crippen LogP contribution is -2.31. The molecule has 6 nitrogen and oxygen atoms in total. The molecule has 0 amide bonds. The van der Waals surface area contributed by atoms with Crippen LogP contribution in [0.25, 0.3) is 0 Å². The van der Waals surface area contributed by atoms with E-state index in [0.29, 0.717) is 11.4 Å². The lowest BCUT2D eigenvalue weighted by molar-refractivity contribution is -0.384. The Bertz CT molecular complexity index is 448. The molecule has 1 unspecified atom stereocenters. The Balaban J connectivity index is 3.16. The van der Waals surface area contributed by atoms with Crippen LogP contribution >= 0.6 is 0 Å². The summed E-state index contributed by atoms with van der Waals surface area (Å²) in [6.45, 7) is 5.53. The molecule has 0 saturated carbocycles. The van der Waals surface area contributed by atoms with Gasteiger partial charge in [0.05, 0.1) is 23.7 Å². The van der Waals surface area contributed by atoms with Gasteiger partial charge in [-0.3, -0.25) is 10.1 Å². The predicted molar refractivity (Wildman–Crippen MR) is 73.8 cm³/mol. The van der Waals surface area contributed by atoms with Crippen LogP contribution < -0.4 is 9.64 Å². The molecule has 19 heavy (non-hydrogen) atoms. The molecule has 1 rings (SSSR count). The van der Waals surface area contributed by atoms with Crippen LogP contribution in [0.5, 0.6) is 5.75 Å². The molecule has 6 heteroatoms. The summed E-state index contributed by atoms with van der Waals surface area (Å²) in [6.07, 6.45) is -0.0598. The third kappa shape index (κ3) is 4.10. The molecule has 0 aliphatic carbocycles. The Morgan fingerprint density at radius 3 is 2.47 bits per heavy atom. The number of nitro groups is 1. The normalized spacial score (nSPS) is 12.3. The molecule has 0 heterocycles. The minimum absolute atomic E-state index is 0.0230. The number of ether oxygens (including phenoxy) is 1. The first kappa shape index (κ1) is 15.2. The molecule has 106 valence electrons. The SMILES string of the molecule is CC(C)Oc1cc(N(C)C(C)CO)cc([N+](=O)[O-])c1. The van der Waals surface area contributed by atoms with E-state index in [1.807, 2.05) is 20.8 Å². The van der Waals surface area contributed by atoms with E-state index in [1.54, 1.807) is 18.0 Å². The van der Waals surface area contributed by atoms with Gasteiger partial charge in [-0.05, 0) is 20.8 Å². The van der Waals surface area contributed by atoms with Crippen LogP contribution in [0.1, 0.15) is 20.8 Å². The number of hydrogen-bond acceptors (Lipinski definition) is 5. The Morgan fingerprint density at radius 2 is 2.00 bits per heavy atom. The molecule has 1 aromatic carbocycles. The van der Waals surface area contributed by atoms with Gasteiger partial charge >= 0.3 is 0 Å². The summed E-state index contributed by atoms with van der Waals surface area (Å²) in [5.41, 5.74) is 0.622. The average molecular weight is 268 g/mol. The zero-order valence-electron chi connectivity index (χ0n) is 11.7. The zero-order chi connectivity index (χ0) is 14.6. The van der Waals surface area contributed by atoms with E-state index in [1.165, 1.54) is 12.1 Å². The highest BCUT2D eigenvalue weighted by Crippen LogP contribution is 2.29. The smallest absolute Gasteiger partial charge is 0.275 e. The third-order valence-corrected chi connectivity index (χ3v) is 2.79. The maximum atomic E-state index is 10.9. The quantitative estimate of drug-likeness (QED) is 0.632. The highest BCUT2D eigenvalue weighted by atomic mass is 16.6. The lowest BCUT2D eigenvalue weighted by atomic mass is 10.2. The summed E-state index contributed by atoms with van der Waals surface area (Å²) in [5, 5.41) is 20.1. The van der Waals surface area contributed by atoms with Crippen LogP contribution in [0.2, 0.25) is 0 Å². The van der Waals surface area contributed by atoms with E-state index in [2.05, 4.69) is 0 Å². The number of hydrogen-bond donors (Lipinski definition) is 1. The van der Waals surface area contributed by atoms with Crippen molar-refractivity contribution < 1.29 is 14.8 Å². The van der Waals surface area contributed by atoms with Gasteiger partial charge in [-0.15, -0.1) is 0 Å². The number of rotatable bonds is 6. The standard InChI is InChI=1S/C13H20N2O4/c1-9(2)19-13-6-11(14(4)10(3)8-16)5-12(7-13)15(17)18/h5-7,9-10,16H,8H2,1-4H3. The maximum Gasteiger partial charge on any atom is 0.275 e. The van der Waals surface area contributed by atoms with Gasteiger partial charge in [0.15, 0.2) is 0 Å². The zero-order valence-corrected chi connectivity index (χ0v) is 11.7. The van der Waals surface area contributed by atoms with Crippen molar-refractivity contribution in [2.45, 2.75) is 32.9 Å². The van der Waals surface area contributed by atoms with Crippen LogP contribution in [0.3, 0.4) is 0 Å². The highest BCUT2D eigenvalue weighted by Gasteiger charge is 2.16. The Morgan fingerprint density at radius 1 is 1.37 bits per heavy atom. The van der Waals surface area contributed by atoms with Gasteiger partial charge in [0.25, 0.3) is 5.69 Å². The van der Waals surface area contributed by atoms with E-state index in [0.717, 1.165) is 0 Å². The molecular weight excluding hydrogens is 248 g/mol. The van der Waals surface area contributed by atoms with Crippen molar-refractivity contribution in [1.82, 2.24) is 0 Å². The van der Waals surface area contributed by atoms with E-state index in [-0.39, 0.29) is 24.4 Å². The van der Waals surface area contributed by atoms with Crippen LogP contribution in [0, 0.1) is 10.1 Å². The monoisotopic (exact) mass is 268 g/mol. The molecule has 0 fully saturated rings. The van der Waals surface area contributed by atoms with Crippen LogP contribution in [-0.4, -0.2) is 35.8 Å². The fraction of sp³-hybridized carbons (Fsp3) is 0.538. The summed E-state index contributed by atoms with van der Waals surface area (Å²) in [7, 11) is 1.78. The minimum Gasteiger partial charge on any atom is -0.491 e. The van der Waals surface area contributed by atoms with Crippen LogP contribution in [0.4, 0.5) is 11.4 Å². The minimum atomic E-state index is -0.450. The molecule has 0 bridgehead atoms. The predicted octanol–water partition coefficient (Wildman–Crippen LogP) is 2.20. The molecule has 1 N–H and O–H groups in total. The number of aliphatic hydroxyl groups excluding tert-OH is 1. The van der Waals surface area contributed by atoms with Crippen molar-refractivity contribution in [3.63, 3.8) is 0 Å². The van der Waals surface area contributed by atoms with Gasteiger partial charge in [0.1, 0.15) is 5.75 Å². The number of anilines is 1. The van der Waals surface area contributed by atoms with Crippen molar-refractivity contribution in [2.24, 2.45) is 0 Å². The largest absolute Gasteiger partial charge is 0.491 e. The Labute approximate surface area is 112 Å². The second-order valence-electron chi connectivity index (χ2n) is 4.75. The molecule has 1 aromatic rings. The molecule has 0 saturated heterocycles. The van der Waals surface area contributed by atoms with Gasteiger partial charge < -0.3 is 14.7 Å². The topological polar surface area (TPSA) is 75.8 Å². The first-order valence-electron chi connectivity index (χ1n) is 6.15. The fourth-order valence-electron chi connectivity index (χ4n) is 1.59. The van der Waals surface area contributed by atoms with Crippen LogP contribution in [0.15, 0.2) is 18.2 Å². The summed E-state index contributed by atoms with van der Waals surface area (Å²) in [4.78, 5) is 12.3. The van der Waals surface area contributed by atoms with Crippen molar-refractivity contribution in [2.75, 3.05) is 18.6 Å². The van der Waals surface area contributed by atoms with E-state index in [9.17, 15) is 10.1 Å². The van der Waals surface area contributed by atoms with Crippen molar-refractivity contribution in [3.05, 3.63) is 28.3 Å². The Kier molecular flexibility index (Phi) is 5.11. The third-order valence-electron chi connectivity index (χ3n) is 2.79. The molecule has 0 aromatic heterocycles. The average Bonchev–Trinajstić information content (AvgIpc) is 2.35. The molecule has 0 aliphatic heterocycles. The molecule has 0 spiro atoms. The second kappa shape index (κ2) is 6.38. The van der Waals surface area contributed by atoms with Crippen molar-refractivity contribution in [1.29, 1.82) is 0 Å². The van der Waals surface area contributed by atoms with Crippen molar-refractivity contribution >= 4 is 11.4 Å². The number of non-ortho nitro benzene ring substituents is 1. The number of nitro benzene ring substituents is 1. The van der Waals surface area contributed by atoms with Crippen molar-refractivity contribution in [3.8, 4) is 5.75 Å². The number of aliphatic hydroxyl groups is 1. The molecule has 1 atom stereocenters.